The van der Waals surface area contributed by atoms with E-state index in [0.717, 1.165) is 11.3 Å². The van der Waals surface area contributed by atoms with E-state index in [-0.39, 0.29) is 5.41 Å². The summed E-state index contributed by atoms with van der Waals surface area (Å²) in [6, 6.07) is 1.81. The Balaban J connectivity index is 3.26. The van der Waals surface area contributed by atoms with Gasteiger partial charge in [-0.05, 0) is 18.6 Å². The van der Waals surface area contributed by atoms with Gasteiger partial charge >= 0.3 is 0 Å². The first-order valence-corrected chi connectivity index (χ1v) is 4.08. The molecule has 2 heteroatoms. The highest BCUT2D eigenvalue weighted by Crippen LogP contribution is 2.30. The van der Waals surface area contributed by atoms with E-state index < -0.39 is 0 Å². The van der Waals surface area contributed by atoms with Gasteiger partial charge < -0.3 is 5.11 Å². The first-order valence-electron chi connectivity index (χ1n) is 4.08. The number of hydrogen-bond donors (Lipinski definition) is 1. The molecular formula is C10H15NO. The first-order chi connectivity index (χ1) is 5.43. The molecule has 12 heavy (non-hydrogen) atoms. The van der Waals surface area contributed by atoms with Gasteiger partial charge in [-0.2, -0.15) is 0 Å². The molecule has 1 heterocycles. The molecule has 0 aliphatic heterocycles. The van der Waals surface area contributed by atoms with Crippen molar-refractivity contribution in [3.05, 3.63) is 23.5 Å². The standard InChI is InChI=1S/C10H15NO/c1-7-5-6-11-9(8(7)12)10(2,3)4/h5-6,12H,1-4H3. The summed E-state index contributed by atoms with van der Waals surface area (Å²) in [4.78, 5) is 4.16. The summed E-state index contributed by atoms with van der Waals surface area (Å²) in [5.41, 5.74) is 1.56. The summed E-state index contributed by atoms with van der Waals surface area (Å²) in [7, 11) is 0. The number of aromatic hydroxyl groups is 1. The van der Waals surface area contributed by atoms with Crippen LogP contribution in [-0.4, -0.2) is 10.1 Å². The molecule has 66 valence electrons. The monoisotopic (exact) mass is 165 g/mol. The maximum absolute atomic E-state index is 9.67. The molecule has 1 aromatic rings. The van der Waals surface area contributed by atoms with Crippen molar-refractivity contribution in [3.63, 3.8) is 0 Å². The van der Waals surface area contributed by atoms with Crippen LogP contribution in [0.4, 0.5) is 0 Å². The van der Waals surface area contributed by atoms with Gasteiger partial charge in [-0.1, -0.05) is 20.8 Å². The van der Waals surface area contributed by atoms with Crippen LogP contribution in [0.2, 0.25) is 0 Å². The Morgan fingerprint density at radius 3 is 2.33 bits per heavy atom. The van der Waals surface area contributed by atoms with E-state index in [1.54, 1.807) is 6.20 Å². The molecule has 1 aromatic heterocycles. The van der Waals surface area contributed by atoms with Crippen molar-refractivity contribution in [1.29, 1.82) is 0 Å². The molecule has 0 radical (unpaired) electrons. The summed E-state index contributed by atoms with van der Waals surface area (Å²) >= 11 is 0. The van der Waals surface area contributed by atoms with Crippen molar-refractivity contribution in [2.45, 2.75) is 33.1 Å². The number of aromatic nitrogens is 1. The molecule has 0 aromatic carbocycles. The molecule has 0 unspecified atom stereocenters. The van der Waals surface area contributed by atoms with Gasteiger partial charge in [-0.25, -0.2) is 0 Å². The van der Waals surface area contributed by atoms with Crippen LogP contribution in [-0.2, 0) is 5.41 Å². The second-order valence-corrected chi connectivity index (χ2v) is 4.08. The molecule has 0 bridgehead atoms. The van der Waals surface area contributed by atoms with E-state index in [2.05, 4.69) is 4.98 Å². The Morgan fingerprint density at radius 2 is 1.92 bits per heavy atom. The maximum atomic E-state index is 9.67. The Hall–Kier alpha value is -1.05. The van der Waals surface area contributed by atoms with Gasteiger partial charge in [0.25, 0.3) is 0 Å². The minimum absolute atomic E-state index is 0.0872. The van der Waals surface area contributed by atoms with Crippen molar-refractivity contribution in [3.8, 4) is 5.75 Å². The summed E-state index contributed by atoms with van der Waals surface area (Å²) < 4.78 is 0. The SMILES string of the molecule is Cc1ccnc(C(C)(C)C)c1O. The molecule has 0 aliphatic rings. The number of pyridine rings is 1. The lowest BCUT2D eigenvalue weighted by molar-refractivity contribution is 0.434. The largest absolute Gasteiger partial charge is 0.506 e. The molecule has 0 amide bonds. The van der Waals surface area contributed by atoms with Crippen molar-refractivity contribution >= 4 is 0 Å². The van der Waals surface area contributed by atoms with Gasteiger partial charge in [-0.3, -0.25) is 4.98 Å². The Kier molecular flexibility index (Phi) is 2.09. The Morgan fingerprint density at radius 1 is 1.33 bits per heavy atom. The number of aryl methyl sites for hydroxylation is 1. The van der Waals surface area contributed by atoms with E-state index in [4.69, 9.17) is 0 Å². The zero-order valence-corrected chi connectivity index (χ0v) is 8.05. The second kappa shape index (κ2) is 2.77. The molecule has 0 fully saturated rings. The summed E-state index contributed by atoms with van der Waals surface area (Å²) in [6.45, 7) is 7.99. The van der Waals surface area contributed by atoms with Crippen LogP contribution in [0.25, 0.3) is 0 Å². The highest BCUT2D eigenvalue weighted by atomic mass is 16.3. The summed E-state index contributed by atoms with van der Waals surface area (Å²) in [6.07, 6.45) is 1.73. The lowest BCUT2D eigenvalue weighted by Crippen LogP contribution is -2.13. The quantitative estimate of drug-likeness (QED) is 0.640. The molecule has 1 rings (SSSR count). The molecule has 0 saturated carbocycles. The zero-order valence-electron chi connectivity index (χ0n) is 8.05. The third-order valence-corrected chi connectivity index (χ3v) is 1.84. The molecule has 0 saturated heterocycles. The lowest BCUT2D eigenvalue weighted by Gasteiger charge is -2.19. The first kappa shape index (κ1) is 9.04. The van der Waals surface area contributed by atoms with E-state index in [0.29, 0.717) is 5.75 Å². The average Bonchev–Trinajstić information content (AvgIpc) is 1.92. The van der Waals surface area contributed by atoms with Crippen molar-refractivity contribution in [2.75, 3.05) is 0 Å². The number of nitrogens with zero attached hydrogens (tertiary/aromatic N) is 1. The van der Waals surface area contributed by atoms with Crippen LogP contribution < -0.4 is 0 Å². The molecule has 0 atom stereocenters. The Labute approximate surface area is 73.3 Å². The van der Waals surface area contributed by atoms with E-state index >= 15 is 0 Å². The lowest BCUT2D eigenvalue weighted by atomic mass is 9.90. The fraction of sp³-hybridized carbons (Fsp3) is 0.500. The van der Waals surface area contributed by atoms with Crippen LogP contribution in [0.1, 0.15) is 32.0 Å². The number of hydrogen-bond acceptors (Lipinski definition) is 2. The van der Waals surface area contributed by atoms with E-state index in [9.17, 15) is 5.11 Å². The predicted molar refractivity (Wildman–Crippen MR) is 49.3 cm³/mol. The summed E-state index contributed by atoms with van der Waals surface area (Å²) in [5, 5.41) is 9.67. The van der Waals surface area contributed by atoms with Crippen LogP contribution in [0.15, 0.2) is 12.3 Å². The van der Waals surface area contributed by atoms with Crippen molar-refractivity contribution < 1.29 is 5.11 Å². The third-order valence-electron chi connectivity index (χ3n) is 1.84. The van der Waals surface area contributed by atoms with Gasteiger partial charge in [0.1, 0.15) is 5.75 Å². The summed E-state index contributed by atoms with van der Waals surface area (Å²) in [5.74, 6) is 0.324. The fourth-order valence-corrected chi connectivity index (χ4v) is 1.10. The molecule has 2 nitrogen and oxygen atoms in total. The van der Waals surface area contributed by atoms with Gasteiger partial charge in [0.05, 0.1) is 5.69 Å². The smallest absolute Gasteiger partial charge is 0.140 e. The molecule has 0 spiro atoms. The third kappa shape index (κ3) is 1.58. The zero-order chi connectivity index (χ0) is 9.35. The van der Waals surface area contributed by atoms with E-state index in [1.807, 2.05) is 33.8 Å². The van der Waals surface area contributed by atoms with Crippen LogP contribution in [0, 0.1) is 6.92 Å². The number of rotatable bonds is 0. The van der Waals surface area contributed by atoms with Gasteiger partial charge in [0, 0.05) is 11.6 Å². The molecule has 0 aliphatic carbocycles. The minimum atomic E-state index is -0.0872. The van der Waals surface area contributed by atoms with Crippen molar-refractivity contribution in [2.24, 2.45) is 0 Å². The van der Waals surface area contributed by atoms with Crippen LogP contribution >= 0.6 is 0 Å². The fourth-order valence-electron chi connectivity index (χ4n) is 1.10. The van der Waals surface area contributed by atoms with Gasteiger partial charge in [0.2, 0.25) is 0 Å². The minimum Gasteiger partial charge on any atom is -0.506 e. The van der Waals surface area contributed by atoms with Crippen molar-refractivity contribution in [1.82, 2.24) is 4.98 Å². The van der Waals surface area contributed by atoms with Gasteiger partial charge in [-0.15, -0.1) is 0 Å². The topological polar surface area (TPSA) is 33.1 Å². The normalized spacial score (nSPS) is 11.7. The Bertz CT molecular complexity index is 286. The molecule has 1 N–H and O–H groups in total. The van der Waals surface area contributed by atoms with E-state index in [1.165, 1.54) is 0 Å². The average molecular weight is 165 g/mol. The maximum Gasteiger partial charge on any atom is 0.140 e. The van der Waals surface area contributed by atoms with Gasteiger partial charge in [0.15, 0.2) is 0 Å². The highest BCUT2D eigenvalue weighted by Gasteiger charge is 2.20. The second-order valence-electron chi connectivity index (χ2n) is 4.08. The molecular weight excluding hydrogens is 150 g/mol. The predicted octanol–water partition coefficient (Wildman–Crippen LogP) is 2.39. The van der Waals surface area contributed by atoms with Crippen LogP contribution in [0.5, 0.6) is 5.75 Å². The highest BCUT2D eigenvalue weighted by molar-refractivity contribution is 5.37. The van der Waals surface area contributed by atoms with Crippen LogP contribution in [0.3, 0.4) is 0 Å².